The Bertz CT molecular complexity index is 800. The van der Waals surface area contributed by atoms with Crippen LogP contribution in [0.5, 0.6) is 0 Å². The second-order valence-corrected chi connectivity index (χ2v) is 4.11. The third-order valence-corrected chi connectivity index (χ3v) is 2.93. The first-order chi connectivity index (χ1) is 9.70. The summed E-state index contributed by atoms with van der Waals surface area (Å²) in [5, 5.41) is 0.773. The molecule has 0 amide bonds. The van der Waals surface area contributed by atoms with Crippen LogP contribution in [-0.4, -0.2) is 28.8 Å². The van der Waals surface area contributed by atoms with Gasteiger partial charge in [0.15, 0.2) is 5.69 Å². The van der Waals surface area contributed by atoms with E-state index in [1.807, 2.05) is 24.3 Å². The summed E-state index contributed by atoms with van der Waals surface area (Å²) in [5.74, 6) is -1.18. The van der Waals surface area contributed by atoms with E-state index in [2.05, 4.69) is 14.7 Å². The van der Waals surface area contributed by atoms with Gasteiger partial charge in [0.25, 0.3) is 5.89 Å². The van der Waals surface area contributed by atoms with Crippen molar-refractivity contribution < 1.29 is 18.7 Å². The predicted octanol–water partition coefficient (Wildman–Crippen LogP) is 2.17. The van der Waals surface area contributed by atoms with Crippen LogP contribution in [0.15, 0.2) is 41.1 Å². The van der Waals surface area contributed by atoms with E-state index in [1.165, 1.54) is 7.11 Å². The highest BCUT2D eigenvalue weighted by Crippen LogP contribution is 2.20. The number of fused-ring (bicyclic) bond motifs is 1. The first kappa shape index (κ1) is 12.2. The van der Waals surface area contributed by atoms with Crippen LogP contribution in [0.3, 0.4) is 0 Å². The Balaban J connectivity index is 2.00. The third-order valence-electron chi connectivity index (χ3n) is 2.93. The number of ether oxygens (including phenoxy) is 1. The molecule has 6 heteroatoms. The number of carbonyl (C=O) groups is 2. The molecule has 6 nitrogen and oxygen atoms in total. The maximum Gasteiger partial charge on any atom is 0.360 e. The second-order valence-electron chi connectivity index (χ2n) is 4.11. The van der Waals surface area contributed by atoms with Crippen LogP contribution in [0.2, 0.25) is 0 Å². The number of methoxy groups -OCH3 is 1. The Morgan fingerprint density at radius 2 is 2.10 bits per heavy atom. The molecule has 0 radical (unpaired) electrons. The van der Waals surface area contributed by atoms with Crippen LogP contribution in [0.4, 0.5) is 0 Å². The highest BCUT2D eigenvalue weighted by atomic mass is 16.5. The average molecular weight is 270 g/mol. The average Bonchev–Trinajstić information content (AvgIpc) is 3.12. The fourth-order valence-electron chi connectivity index (χ4n) is 1.95. The van der Waals surface area contributed by atoms with Gasteiger partial charge in [0, 0.05) is 17.1 Å². The van der Waals surface area contributed by atoms with Gasteiger partial charge in [0.05, 0.1) is 12.7 Å². The molecule has 0 saturated heterocycles. The lowest BCUT2D eigenvalue weighted by Gasteiger charge is -1.94. The van der Waals surface area contributed by atoms with Gasteiger partial charge >= 0.3 is 5.97 Å². The van der Waals surface area contributed by atoms with E-state index < -0.39 is 11.8 Å². The Morgan fingerprint density at radius 3 is 2.90 bits per heavy atom. The van der Waals surface area contributed by atoms with Crippen molar-refractivity contribution in [3.05, 3.63) is 53.9 Å². The van der Waals surface area contributed by atoms with Crippen molar-refractivity contribution in [2.24, 2.45) is 0 Å². The van der Waals surface area contributed by atoms with E-state index in [0.717, 1.165) is 17.2 Å². The molecule has 0 fully saturated rings. The highest BCUT2D eigenvalue weighted by Gasteiger charge is 2.21. The number of rotatable bonds is 3. The monoisotopic (exact) mass is 270 g/mol. The minimum atomic E-state index is -0.647. The number of oxazole rings is 1. The molecule has 3 rings (SSSR count). The van der Waals surface area contributed by atoms with Gasteiger partial charge in [-0.3, -0.25) is 4.79 Å². The van der Waals surface area contributed by atoms with Crippen molar-refractivity contribution in [1.29, 1.82) is 0 Å². The van der Waals surface area contributed by atoms with Crippen molar-refractivity contribution >= 4 is 22.7 Å². The first-order valence-corrected chi connectivity index (χ1v) is 5.85. The topological polar surface area (TPSA) is 85.2 Å². The summed E-state index contributed by atoms with van der Waals surface area (Å²) < 4.78 is 9.56. The molecule has 0 unspecified atom stereocenters. The van der Waals surface area contributed by atoms with Crippen molar-refractivity contribution in [2.75, 3.05) is 7.11 Å². The molecule has 2 aromatic heterocycles. The largest absolute Gasteiger partial charge is 0.464 e. The number of hydrogen-bond acceptors (Lipinski definition) is 5. The zero-order valence-corrected chi connectivity index (χ0v) is 10.5. The lowest BCUT2D eigenvalue weighted by atomic mass is 10.1. The van der Waals surface area contributed by atoms with Gasteiger partial charge in [-0.2, -0.15) is 4.98 Å². The maximum atomic E-state index is 12.3. The van der Waals surface area contributed by atoms with Crippen LogP contribution < -0.4 is 0 Å². The SMILES string of the molecule is COC(=O)c1coc(C(=O)c2c[nH]c3ccccc23)n1. The molecule has 0 spiro atoms. The van der Waals surface area contributed by atoms with Crippen molar-refractivity contribution in [1.82, 2.24) is 9.97 Å². The van der Waals surface area contributed by atoms with E-state index in [0.29, 0.717) is 5.56 Å². The molecule has 3 aromatic rings. The molecule has 0 aliphatic heterocycles. The van der Waals surface area contributed by atoms with Crippen LogP contribution >= 0.6 is 0 Å². The first-order valence-electron chi connectivity index (χ1n) is 5.85. The van der Waals surface area contributed by atoms with E-state index in [-0.39, 0.29) is 11.6 Å². The summed E-state index contributed by atoms with van der Waals surface area (Å²) in [6, 6.07) is 7.39. The summed E-state index contributed by atoms with van der Waals surface area (Å²) in [4.78, 5) is 30.4. The molecular formula is C14H10N2O4. The number of aromatic nitrogens is 2. The van der Waals surface area contributed by atoms with Crippen molar-refractivity contribution in [3.63, 3.8) is 0 Å². The Morgan fingerprint density at radius 1 is 1.30 bits per heavy atom. The van der Waals surface area contributed by atoms with E-state index in [4.69, 9.17) is 4.42 Å². The highest BCUT2D eigenvalue weighted by molar-refractivity contribution is 6.14. The van der Waals surface area contributed by atoms with Gasteiger partial charge in [0.2, 0.25) is 5.78 Å². The number of nitrogens with one attached hydrogen (secondary N) is 1. The molecule has 0 atom stereocenters. The van der Waals surface area contributed by atoms with E-state index >= 15 is 0 Å². The minimum Gasteiger partial charge on any atom is -0.464 e. The normalized spacial score (nSPS) is 10.7. The summed E-state index contributed by atoms with van der Waals surface area (Å²) in [5.41, 5.74) is 1.25. The van der Waals surface area contributed by atoms with Crippen molar-refractivity contribution in [2.45, 2.75) is 0 Å². The molecule has 1 aromatic carbocycles. The van der Waals surface area contributed by atoms with Gasteiger partial charge in [-0.1, -0.05) is 18.2 Å². The molecule has 0 aliphatic carbocycles. The number of ketones is 1. The lowest BCUT2D eigenvalue weighted by molar-refractivity contribution is 0.0594. The molecule has 0 bridgehead atoms. The molecule has 0 saturated carbocycles. The molecule has 100 valence electrons. The molecule has 20 heavy (non-hydrogen) atoms. The summed E-state index contributed by atoms with van der Waals surface area (Å²) >= 11 is 0. The van der Waals surface area contributed by atoms with Gasteiger partial charge in [0.1, 0.15) is 6.26 Å². The van der Waals surface area contributed by atoms with Crippen LogP contribution in [0, 0.1) is 0 Å². The molecular weight excluding hydrogens is 260 g/mol. The number of aromatic amines is 1. The maximum absolute atomic E-state index is 12.3. The van der Waals surface area contributed by atoms with Gasteiger partial charge < -0.3 is 14.1 Å². The Hall–Kier alpha value is -2.89. The van der Waals surface area contributed by atoms with Crippen LogP contribution in [0.1, 0.15) is 26.7 Å². The summed E-state index contributed by atoms with van der Waals surface area (Å²) in [6.45, 7) is 0. The van der Waals surface area contributed by atoms with E-state index in [9.17, 15) is 9.59 Å². The molecule has 1 N–H and O–H groups in total. The van der Waals surface area contributed by atoms with Gasteiger partial charge in [-0.05, 0) is 6.07 Å². The molecule has 2 heterocycles. The predicted molar refractivity (Wildman–Crippen MR) is 69.6 cm³/mol. The van der Waals surface area contributed by atoms with Crippen LogP contribution in [-0.2, 0) is 4.74 Å². The Labute approximate surface area is 113 Å². The minimum absolute atomic E-state index is 0.0318. The quantitative estimate of drug-likeness (QED) is 0.582. The van der Waals surface area contributed by atoms with Gasteiger partial charge in [-0.25, -0.2) is 4.79 Å². The third kappa shape index (κ3) is 1.87. The number of H-pyrrole nitrogens is 1. The second kappa shape index (κ2) is 4.65. The van der Waals surface area contributed by atoms with Gasteiger partial charge in [-0.15, -0.1) is 0 Å². The number of nitrogens with zero attached hydrogens (tertiary/aromatic N) is 1. The summed E-state index contributed by atoms with van der Waals surface area (Å²) in [6.07, 6.45) is 2.70. The lowest BCUT2D eigenvalue weighted by Crippen LogP contribution is -2.04. The summed E-state index contributed by atoms with van der Waals surface area (Å²) in [7, 11) is 1.23. The van der Waals surface area contributed by atoms with Crippen LogP contribution in [0.25, 0.3) is 10.9 Å². The Kier molecular flexibility index (Phi) is 2.83. The fourth-order valence-corrected chi connectivity index (χ4v) is 1.95. The number of benzene rings is 1. The van der Waals surface area contributed by atoms with E-state index in [1.54, 1.807) is 6.20 Å². The number of carbonyl (C=O) groups excluding carboxylic acids is 2. The number of para-hydroxylation sites is 1. The zero-order chi connectivity index (χ0) is 14.1. The van der Waals surface area contributed by atoms with Crippen molar-refractivity contribution in [3.8, 4) is 0 Å². The molecule has 0 aliphatic rings. The number of hydrogen-bond donors (Lipinski definition) is 1. The zero-order valence-electron chi connectivity index (χ0n) is 10.5. The number of esters is 1. The standard InChI is InChI=1S/C14H10N2O4/c1-19-14(18)11-7-20-13(16-11)12(17)9-6-15-10-5-3-2-4-8(9)10/h2-7,15H,1H3. The smallest absolute Gasteiger partial charge is 0.360 e. The fraction of sp³-hybridized carbons (Fsp3) is 0.0714.